The second-order valence-corrected chi connectivity index (χ2v) is 9.63. The average molecular weight is 491 g/mol. The first-order chi connectivity index (χ1) is 17.0. The number of hydrogen-bond donors (Lipinski definition) is 1. The third kappa shape index (κ3) is 6.97. The summed E-state index contributed by atoms with van der Waals surface area (Å²) in [6.07, 6.45) is 6.07. The van der Waals surface area contributed by atoms with Gasteiger partial charge in [0.2, 0.25) is 0 Å². The van der Waals surface area contributed by atoms with Crippen molar-refractivity contribution >= 4 is 28.5 Å². The number of likely N-dealkylation sites (tertiary alicyclic amines) is 1. The monoisotopic (exact) mass is 490 g/mol. The predicted octanol–water partition coefficient (Wildman–Crippen LogP) is 5.68. The molecule has 0 aliphatic carbocycles. The average Bonchev–Trinajstić information content (AvgIpc) is 2.86. The number of aliphatic carboxylic acids is 1. The number of carboxylic acids is 1. The highest BCUT2D eigenvalue weighted by Crippen LogP contribution is 2.31. The lowest BCUT2D eigenvalue weighted by atomic mass is 9.80. The van der Waals surface area contributed by atoms with Crippen LogP contribution in [0.4, 0.5) is 0 Å². The van der Waals surface area contributed by atoms with Gasteiger partial charge in [-0.3, -0.25) is 14.7 Å². The number of piperidine rings is 1. The fourth-order valence-corrected chi connectivity index (χ4v) is 5.13. The van der Waals surface area contributed by atoms with Crippen LogP contribution in [-0.2, 0) is 11.2 Å². The van der Waals surface area contributed by atoms with E-state index in [1.165, 1.54) is 5.56 Å². The van der Waals surface area contributed by atoms with Gasteiger partial charge in [-0.05, 0) is 98.2 Å². The van der Waals surface area contributed by atoms with Gasteiger partial charge in [-0.25, -0.2) is 0 Å². The molecule has 0 bridgehead atoms. The minimum absolute atomic E-state index is 0.146. The van der Waals surface area contributed by atoms with Gasteiger partial charge in [-0.15, -0.1) is 0 Å². The van der Waals surface area contributed by atoms with E-state index in [-0.39, 0.29) is 12.3 Å². The molecule has 1 aliphatic heterocycles. The van der Waals surface area contributed by atoms with Gasteiger partial charge < -0.3 is 9.84 Å². The van der Waals surface area contributed by atoms with E-state index in [0.29, 0.717) is 17.5 Å². The van der Waals surface area contributed by atoms with Crippen LogP contribution in [0.25, 0.3) is 10.9 Å². The molecule has 35 heavy (non-hydrogen) atoms. The summed E-state index contributed by atoms with van der Waals surface area (Å²) >= 11 is 5.94. The van der Waals surface area contributed by atoms with E-state index in [2.05, 4.69) is 33.9 Å². The smallest absolute Gasteiger partial charge is 0.303 e. The quantitative estimate of drug-likeness (QED) is 0.411. The van der Waals surface area contributed by atoms with Crippen LogP contribution in [0, 0.1) is 23.7 Å². The second kappa shape index (κ2) is 12.1. The molecule has 0 saturated carbocycles. The Morgan fingerprint density at radius 1 is 1.20 bits per heavy atom. The van der Waals surface area contributed by atoms with E-state index >= 15 is 0 Å². The van der Waals surface area contributed by atoms with E-state index in [0.717, 1.165) is 61.0 Å². The summed E-state index contributed by atoms with van der Waals surface area (Å²) in [7, 11) is 1.68. The zero-order valence-electron chi connectivity index (χ0n) is 20.0. The van der Waals surface area contributed by atoms with E-state index in [1.807, 2.05) is 42.6 Å². The number of benzene rings is 2. The summed E-state index contributed by atoms with van der Waals surface area (Å²) in [5.74, 6) is 7.09. The molecule has 1 aliphatic rings. The SMILES string of the molecule is COc1ccc2nccc(CCC[C@@H]3CCN(CC#Cc4ccc(Cl)cc4)C[C@@H]3CC(=O)O)c2c1. The van der Waals surface area contributed by atoms with Crippen molar-refractivity contribution in [3.8, 4) is 17.6 Å². The molecule has 0 radical (unpaired) electrons. The number of pyridine rings is 1. The normalized spacial score (nSPS) is 18.1. The molecular formula is C29H31ClN2O3. The molecule has 1 saturated heterocycles. The van der Waals surface area contributed by atoms with Crippen molar-refractivity contribution in [3.05, 3.63) is 70.9 Å². The van der Waals surface area contributed by atoms with Gasteiger partial charge in [-0.2, -0.15) is 0 Å². The van der Waals surface area contributed by atoms with Crippen LogP contribution in [0.5, 0.6) is 5.75 Å². The number of rotatable bonds is 8. The maximum absolute atomic E-state index is 11.6. The summed E-state index contributed by atoms with van der Waals surface area (Å²) in [6.45, 7) is 2.38. The highest BCUT2D eigenvalue weighted by Gasteiger charge is 2.30. The molecule has 1 fully saturated rings. The van der Waals surface area contributed by atoms with Crippen molar-refractivity contribution in [2.75, 3.05) is 26.7 Å². The van der Waals surface area contributed by atoms with E-state index in [4.69, 9.17) is 16.3 Å². The lowest BCUT2D eigenvalue weighted by Crippen LogP contribution is -2.41. The van der Waals surface area contributed by atoms with Crippen molar-refractivity contribution in [1.82, 2.24) is 9.88 Å². The van der Waals surface area contributed by atoms with Crippen LogP contribution in [-0.4, -0.2) is 47.7 Å². The van der Waals surface area contributed by atoms with Gasteiger partial charge in [0.15, 0.2) is 0 Å². The summed E-state index contributed by atoms with van der Waals surface area (Å²) in [4.78, 5) is 18.3. The van der Waals surface area contributed by atoms with Crippen molar-refractivity contribution in [3.63, 3.8) is 0 Å². The lowest BCUT2D eigenvalue weighted by Gasteiger charge is -2.37. The molecule has 3 aromatic rings. The lowest BCUT2D eigenvalue weighted by molar-refractivity contribution is -0.139. The molecule has 0 amide bonds. The topological polar surface area (TPSA) is 62.7 Å². The van der Waals surface area contributed by atoms with Crippen molar-refractivity contribution in [2.45, 2.75) is 32.1 Å². The Hall–Kier alpha value is -3.07. The fraction of sp³-hybridized carbons (Fsp3) is 0.379. The summed E-state index contributed by atoms with van der Waals surface area (Å²) in [5, 5.41) is 11.3. The molecule has 1 aromatic heterocycles. The molecular weight excluding hydrogens is 460 g/mol. The molecule has 0 spiro atoms. The van der Waals surface area contributed by atoms with Crippen molar-refractivity contribution < 1.29 is 14.6 Å². The Morgan fingerprint density at radius 2 is 2.03 bits per heavy atom. The van der Waals surface area contributed by atoms with Gasteiger partial charge in [0.05, 0.1) is 19.2 Å². The highest BCUT2D eigenvalue weighted by molar-refractivity contribution is 6.30. The number of nitrogens with zero attached hydrogens (tertiary/aromatic N) is 2. The standard InChI is InChI=1S/C29H31ClN2O3/c1-35-26-11-12-28-27(19-26)23(13-15-31-28)6-2-5-22-14-17-32(20-24(22)18-29(33)34)16-3-4-21-7-9-25(30)10-8-21/h7-13,15,19,22,24H,2,5-6,14,16-18,20H2,1H3,(H,33,34)/t22-,24+/m1/s1. The Labute approximate surface area is 212 Å². The number of methoxy groups -OCH3 is 1. The Kier molecular flexibility index (Phi) is 8.63. The second-order valence-electron chi connectivity index (χ2n) is 9.20. The largest absolute Gasteiger partial charge is 0.497 e. The van der Waals surface area contributed by atoms with Crippen molar-refractivity contribution in [2.24, 2.45) is 11.8 Å². The first-order valence-electron chi connectivity index (χ1n) is 12.1. The van der Waals surface area contributed by atoms with Gasteiger partial charge in [0.25, 0.3) is 0 Å². The third-order valence-electron chi connectivity index (χ3n) is 6.85. The number of carboxylic acid groups (broad SMARTS) is 1. The molecule has 5 nitrogen and oxygen atoms in total. The third-order valence-corrected chi connectivity index (χ3v) is 7.10. The number of fused-ring (bicyclic) bond motifs is 1. The zero-order valence-corrected chi connectivity index (χ0v) is 20.8. The van der Waals surface area contributed by atoms with Crippen LogP contribution >= 0.6 is 11.6 Å². The van der Waals surface area contributed by atoms with Gasteiger partial charge in [0, 0.05) is 35.1 Å². The molecule has 2 atom stereocenters. The first kappa shape index (κ1) is 25.0. The number of aryl methyl sites for hydroxylation is 1. The summed E-state index contributed by atoms with van der Waals surface area (Å²) in [6, 6.07) is 15.6. The maximum atomic E-state index is 11.6. The summed E-state index contributed by atoms with van der Waals surface area (Å²) < 4.78 is 5.39. The number of halogens is 1. The minimum atomic E-state index is -0.721. The zero-order chi connectivity index (χ0) is 24.6. The molecule has 1 N–H and O–H groups in total. The fourth-order valence-electron chi connectivity index (χ4n) is 5.00. The molecule has 2 heterocycles. The van der Waals surface area contributed by atoms with E-state index in [9.17, 15) is 9.90 Å². The minimum Gasteiger partial charge on any atom is -0.497 e. The van der Waals surface area contributed by atoms with E-state index in [1.54, 1.807) is 7.11 Å². The van der Waals surface area contributed by atoms with Gasteiger partial charge >= 0.3 is 5.97 Å². The Balaban J connectivity index is 1.34. The maximum Gasteiger partial charge on any atom is 0.303 e. The van der Waals surface area contributed by atoms with E-state index < -0.39 is 5.97 Å². The Morgan fingerprint density at radius 3 is 2.80 bits per heavy atom. The van der Waals surface area contributed by atoms with Crippen LogP contribution in [0.3, 0.4) is 0 Å². The van der Waals surface area contributed by atoms with Crippen LogP contribution in [0.2, 0.25) is 5.02 Å². The summed E-state index contributed by atoms with van der Waals surface area (Å²) in [5.41, 5.74) is 3.17. The van der Waals surface area contributed by atoms with Crippen molar-refractivity contribution in [1.29, 1.82) is 0 Å². The number of carbonyl (C=O) groups is 1. The van der Waals surface area contributed by atoms with Gasteiger partial charge in [0.1, 0.15) is 5.75 Å². The molecule has 2 aromatic carbocycles. The first-order valence-corrected chi connectivity index (χ1v) is 12.5. The molecule has 182 valence electrons. The molecule has 0 unspecified atom stereocenters. The molecule has 4 rings (SSSR count). The van der Waals surface area contributed by atoms with Crippen LogP contribution < -0.4 is 4.74 Å². The Bertz CT molecular complexity index is 1220. The molecule has 6 heteroatoms. The predicted molar refractivity (Wildman–Crippen MR) is 140 cm³/mol. The van der Waals surface area contributed by atoms with Gasteiger partial charge in [-0.1, -0.05) is 23.4 Å². The number of hydrogen-bond acceptors (Lipinski definition) is 4. The highest BCUT2D eigenvalue weighted by atomic mass is 35.5. The number of ether oxygens (including phenoxy) is 1. The van der Waals surface area contributed by atoms with Crippen LogP contribution in [0.15, 0.2) is 54.7 Å². The number of aromatic nitrogens is 1. The van der Waals surface area contributed by atoms with Crippen LogP contribution in [0.1, 0.15) is 36.8 Å².